The van der Waals surface area contributed by atoms with Crippen molar-refractivity contribution in [3.63, 3.8) is 0 Å². The Morgan fingerprint density at radius 3 is 2.93 bits per heavy atom. The van der Waals surface area contributed by atoms with Crippen molar-refractivity contribution >= 4 is 5.69 Å². The van der Waals surface area contributed by atoms with Crippen LogP contribution < -0.4 is 11.5 Å². The maximum absolute atomic E-state index is 10.6. The van der Waals surface area contributed by atoms with Gasteiger partial charge < -0.3 is 11.5 Å². The van der Waals surface area contributed by atoms with E-state index >= 15 is 0 Å². The lowest BCUT2D eigenvalue weighted by molar-refractivity contribution is -0.386. The first-order valence-corrected chi connectivity index (χ1v) is 4.21. The summed E-state index contributed by atoms with van der Waals surface area (Å²) >= 11 is 0. The van der Waals surface area contributed by atoms with E-state index in [1.807, 2.05) is 0 Å². The molecule has 0 aromatic carbocycles. The van der Waals surface area contributed by atoms with Crippen LogP contribution in [0.15, 0.2) is 18.3 Å². The Bertz CT molecular complexity index is 329. The summed E-state index contributed by atoms with van der Waals surface area (Å²) in [6.07, 6.45) is 1.97. The minimum atomic E-state index is -0.487. The third-order valence-corrected chi connectivity index (χ3v) is 1.84. The average Bonchev–Trinajstić information content (AvgIpc) is 2.18. The Kier molecular flexibility index (Phi) is 3.49. The molecule has 0 spiro atoms. The highest BCUT2D eigenvalue weighted by molar-refractivity contribution is 5.36. The van der Waals surface area contributed by atoms with Crippen LogP contribution in [0.4, 0.5) is 5.69 Å². The van der Waals surface area contributed by atoms with Crippen LogP contribution in [0.1, 0.15) is 18.2 Å². The fraction of sp³-hybridized carbons (Fsp3) is 0.375. The van der Waals surface area contributed by atoms with Gasteiger partial charge in [0.2, 0.25) is 0 Å². The summed E-state index contributed by atoms with van der Waals surface area (Å²) in [6.45, 7) is 0.384. The van der Waals surface area contributed by atoms with Crippen LogP contribution in [0.3, 0.4) is 0 Å². The van der Waals surface area contributed by atoms with Gasteiger partial charge in [-0.05, 0) is 19.0 Å². The fourth-order valence-electron chi connectivity index (χ4n) is 1.17. The molecule has 1 aromatic rings. The molecule has 0 bridgehead atoms. The molecule has 1 heterocycles. The van der Waals surface area contributed by atoms with Crippen LogP contribution in [-0.2, 0) is 0 Å². The van der Waals surface area contributed by atoms with Crippen LogP contribution >= 0.6 is 0 Å². The maximum Gasteiger partial charge on any atom is 0.292 e. The normalized spacial score (nSPS) is 12.4. The van der Waals surface area contributed by atoms with E-state index in [4.69, 9.17) is 11.5 Å². The van der Waals surface area contributed by atoms with Crippen molar-refractivity contribution in [2.24, 2.45) is 11.5 Å². The van der Waals surface area contributed by atoms with E-state index in [1.54, 1.807) is 0 Å². The molecule has 0 aliphatic carbocycles. The second-order valence-corrected chi connectivity index (χ2v) is 2.85. The number of hydrogen-bond donors (Lipinski definition) is 2. The third-order valence-electron chi connectivity index (χ3n) is 1.84. The first-order chi connectivity index (χ1) is 6.66. The largest absolute Gasteiger partial charge is 0.330 e. The topological polar surface area (TPSA) is 108 Å². The Morgan fingerprint density at radius 2 is 2.36 bits per heavy atom. The zero-order valence-electron chi connectivity index (χ0n) is 7.59. The van der Waals surface area contributed by atoms with Gasteiger partial charge in [-0.3, -0.25) is 15.1 Å². The number of aromatic nitrogens is 1. The van der Waals surface area contributed by atoms with E-state index in [1.165, 1.54) is 18.3 Å². The van der Waals surface area contributed by atoms with E-state index in [0.717, 1.165) is 0 Å². The van der Waals surface area contributed by atoms with Gasteiger partial charge in [0, 0.05) is 12.3 Å². The highest BCUT2D eigenvalue weighted by Gasteiger charge is 2.19. The first kappa shape index (κ1) is 10.6. The molecular formula is C8H12N4O2. The molecule has 6 nitrogen and oxygen atoms in total. The predicted octanol–water partition coefficient (Wildman–Crippen LogP) is 0.338. The van der Waals surface area contributed by atoms with E-state index in [0.29, 0.717) is 18.7 Å². The van der Waals surface area contributed by atoms with Gasteiger partial charge in [-0.15, -0.1) is 0 Å². The molecule has 6 heteroatoms. The quantitative estimate of drug-likeness (QED) is 0.533. The van der Waals surface area contributed by atoms with Crippen molar-refractivity contribution in [3.8, 4) is 0 Å². The zero-order chi connectivity index (χ0) is 10.6. The molecule has 1 aromatic heterocycles. The first-order valence-electron chi connectivity index (χ1n) is 4.21. The summed E-state index contributed by atoms with van der Waals surface area (Å²) in [5, 5.41) is 10.6. The van der Waals surface area contributed by atoms with Crippen molar-refractivity contribution < 1.29 is 4.92 Å². The second kappa shape index (κ2) is 4.64. The van der Waals surface area contributed by atoms with Crippen LogP contribution in [0, 0.1) is 10.1 Å². The summed E-state index contributed by atoms with van der Waals surface area (Å²) in [5.41, 5.74) is 11.3. The smallest absolute Gasteiger partial charge is 0.292 e. The van der Waals surface area contributed by atoms with E-state index in [9.17, 15) is 10.1 Å². The van der Waals surface area contributed by atoms with E-state index in [-0.39, 0.29) is 5.69 Å². The lowest BCUT2D eigenvalue weighted by Crippen LogP contribution is -2.17. The van der Waals surface area contributed by atoms with Crippen molar-refractivity contribution in [1.29, 1.82) is 0 Å². The van der Waals surface area contributed by atoms with Crippen molar-refractivity contribution in [3.05, 3.63) is 34.1 Å². The molecule has 14 heavy (non-hydrogen) atoms. The van der Waals surface area contributed by atoms with Crippen molar-refractivity contribution in [1.82, 2.24) is 4.98 Å². The number of rotatable bonds is 4. The molecule has 1 rings (SSSR count). The Hall–Kier alpha value is -1.53. The summed E-state index contributed by atoms with van der Waals surface area (Å²) in [7, 11) is 0. The molecule has 1 unspecified atom stereocenters. The lowest BCUT2D eigenvalue weighted by atomic mass is 10.1. The highest BCUT2D eigenvalue weighted by Crippen LogP contribution is 2.21. The van der Waals surface area contributed by atoms with E-state index in [2.05, 4.69) is 4.98 Å². The molecule has 1 atom stereocenters. The zero-order valence-corrected chi connectivity index (χ0v) is 7.59. The molecule has 0 saturated carbocycles. The van der Waals surface area contributed by atoms with Gasteiger partial charge in [-0.2, -0.15) is 0 Å². The fourth-order valence-corrected chi connectivity index (χ4v) is 1.17. The SMILES string of the molecule is NCCC(N)c1ncccc1[N+](=O)[O-]. The molecule has 0 saturated heterocycles. The van der Waals surface area contributed by atoms with Crippen LogP contribution in [0.5, 0.6) is 0 Å². The molecule has 4 N–H and O–H groups in total. The van der Waals surface area contributed by atoms with Crippen LogP contribution in [0.25, 0.3) is 0 Å². The molecular weight excluding hydrogens is 184 g/mol. The molecule has 0 fully saturated rings. The number of nitrogens with zero attached hydrogens (tertiary/aromatic N) is 2. The van der Waals surface area contributed by atoms with Gasteiger partial charge in [0.1, 0.15) is 5.69 Å². The standard InChI is InChI=1S/C8H12N4O2/c9-4-3-6(10)8-7(12(13)14)2-1-5-11-8/h1-2,5-6H,3-4,9-10H2. The summed E-state index contributed by atoms with van der Waals surface area (Å²) in [6, 6.07) is 2.43. The van der Waals surface area contributed by atoms with Crippen molar-refractivity contribution in [2.45, 2.75) is 12.5 Å². The number of hydrogen-bond acceptors (Lipinski definition) is 5. The maximum atomic E-state index is 10.6. The van der Waals surface area contributed by atoms with Gasteiger partial charge in [-0.1, -0.05) is 0 Å². The monoisotopic (exact) mass is 196 g/mol. The van der Waals surface area contributed by atoms with Crippen LogP contribution in [0.2, 0.25) is 0 Å². The summed E-state index contributed by atoms with van der Waals surface area (Å²) in [4.78, 5) is 14.0. The van der Waals surface area contributed by atoms with Gasteiger partial charge in [0.25, 0.3) is 5.69 Å². The second-order valence-electron chi connectivity index (χ2n) is 2.85. The predicted molar refractivity (Wildman–Crippen MR) is 51.5 cm³/mol. The van der Waals surface area contributed by atoms with Crippen LogP contribution in [-0.4, -0.2) is 16.5 Å². The molecule has 0 aliphatic heterocycles. The molecule has 76 valence electrons. The number of nitro groups is 1. The van der Waals surface area contributed by atoms with Gasteiger partial charge in [-0.25, -0.2) is 0 Å². The molecule has 0 amide bonds. The van der Waals surface area contributed by atoms with Crippen molar-refractivity contribution in [2.75, 3.05) is 6.54 Å². The van der Waals surface area contributed by atoms with Gasteiger partial charge in [0.05, 0.1) is 11.0 Å². The minimum Gasteiger partial charge on any atom is -0.330 e. The minimum absolute atomic E-state index is 0.0477. The van der Waals surface area contributed by atoms with Gasteiger partial charge >= 0.3 is 0 Å². The Morgan fingerprint density at radius 1 is 1.64 bits per heavy atom. The molecule has 0 aliphatic rings. The average molecular weight is 196 g/mol. The Labute approximate surface area is 81.1 Å². The molecule has 0 radical (unpaired) electrons. The lowest BCUT2D eigenvalue weighted by Gasteiger charge is -2.08. The number of pyridine rings is 1. The Balaban J connectivity index is 3.00. The highest BCUT2D eigenvalue weighted by atomic mass is 16.6. The third kappa shape index (κ3) is 2.24. The van der Waals surface area contributed by atoms with Gasteiger partial charge in [0.15, 0.2) is 0 Å². The number of nitrogens with two attached hydrogens (primary N) is 2. The summed E-state index contributed by atoms with van der Waals surface area (Å²) < 4.78 is 0. The summed E-state index contributed by atoms with van der Waals surface area (Å²) in [5.74, 6) is 0. The van der Waals surface area contributed by atoms with E-state index < -0.39 is 11.0 Å².